The predicted molar refractivity (Wildman–Crippen MR) is 116 cm³/mol. The highest BCUT2D eigenvalue weighted by atomic mass is 32.2. The van der Waals surface area contributed by atoms with E-state index >= 15 is 0 Å². The Morgan fingerprint density at radius 2 is 2.10 bits per heavy atom. The monoisotopic (exact) mass is 438 g/mol. The van der Waals surface area contributed by atoms with E-state index in [9.17, 15) is 9.00 Å². The zero-order valence-corrected chi connectivity index (χ0v) is 16.9. The van der Waals surface area contributed by atoms with Crippen LogP contribution in [0.3, 0.4) is 0 Å². The van der Waals surface area contributed by atoms with Crippen molar-refractivity contribution in [3.8, 4) is 0 Å². The van der Waals surface area contributed by atoms with Gasteiger partial charge in [-0.05, 0) is 29.1 Å². The minimum absolute atomic E-state index is 0.304. The van der Waals surface area contributed by atoms with Gasteiger partial charge in [-0.25, -0.2) is 19.0 Å². The molecule has 0 amide bonds. The van der Waals surface area contributed by atoms with E-state index in [1.54, 1.807) is 30.5 Å². The first-order chi connectivity index (χ1) is 14.6. The number of pyridine rings is 1. The lowest BCUT2D eigenvalue weighted by Crippen LogP contribution is -2.15. The first-order valence-electron chi connectivity index (χ1n) is 8.80. The zero-order valence-electron chi connectivity index (χ0n) is 15.3. The van der Waals surface area contributed by atoms with Crippen LogP contribution in [0.15, 0.2) is 69.1 Å². The van der Waals surface area contributed by atoms with Crippen LogP contribution in [0.5, 0.6) is 0 Å². The summed E-state index contributed by atoms with van der Waals surface area (Å²) >= 11 is 1.10. The molecular weight excluding hydrogens is 424 g/mol. The van der Waals surface area contributed by atoms with Gasteiger partial charge < -0.3 is 10.2 Å². The SMILES string of the molecule is Nc1cc2c(Cn3c(=O)oc4cc(S(=O)Nc5ncns5)ccc43)cccc2cn1. The highest BCUT2D eigenvalue weighted by molar-refractivity contribution is 7.86. The number of nitrogens with two attached hydrogens (primary N) is 1. The maximum atomic E-state index is 12.5. The van der Waals surface area contributed by atoms with Crippen molar-refractivity contribution in [1.82, 2.24) is 18.9 Å². The molecule has 3 aromatic heterocycles. The van der Waals surface area contributed by atoms with Crippen molar-refractivity contribution in [2.75, 3.05) is 10.5 Å². The minimum atomic E-state index is -1.56. The molecule has 2 aromatic carbocycles. The molecule has 5 rings (SSSR count). The second kappa shape index (κ2) is 7.35. The number of anilines is 2. The van der Waals surface area contributed by atoms with Gasteiger partial charge in [0.05, 0.1) is 17.0 Å². The number of nitrogen functional groups attached to an aromatic ring is 1. The molecule has 0 spiro atoms. The average molecular weight is 438 g/mol. The lowest BCUT2D eigenvalue weighted by Gasteiger charge is -2.08. The van der Waals surface area contributed by atoms with Crippen molar-refractivity contribution in [1.29, 1.82) is 0 Å². The standard InChI is InChI=1S/C19H14N6O3S2/c20-17-7-14-11(8-21-17)2-1-3-12(14)9-25-15-5-4-13(6-16(15)28-19(25)26)30(27)24-18-22-10-23-29-18/h1-8,10H,9H2,(H2,20,21)(H,22,23,24). The maximum absolute atomic E-state index is 12.5. The zero-order chi connectivity index (χ0) is 20.7. The first kappa shape index (κ1) is 18.5. The molecular formula is C19H14N6O3S2. The molecule has 5 aromatic rings. The van der Waals surface area contributed by atoms with Crippen LogP contribution in [0.1, 0.15) is 5.56 Å². The van der Waals surface area contributed by atoms with Gasteiger partial charge in [0.2, 0.25) is 5.13 Å². The summed E-state index contributed by atoms with van der Waals surface area (Å²) in [6.07, 6.45) is 3.08. The summed E-state index contributed by atoms with van der Waals surface area (Å²) in [6.45, 7) is 0.304. The summed E-state index contributed by atoms with van der Waals surface area (Å²) in [6, 6.07) is 12.6. The van der Waals surface area contributed by atoms with Gasteiger partial charge in [0.15, 0.2) is 16.6 Å². The van der Waals surface area contributed by atoms with Gasteiger partial charge in [0, 0.05) is 29.2 Å². The normalized spacial score (nSPS) is 12.4. The van der Waals surface area contributed by atoms with Crippen LogP contribution < -0.4 is 16.2 Å². The van der Waals surface area contributed by atoms with Crippen LogP contribution in [0.25, 0.3) is 21.9 Å². The molecule has 0 aliphatic rings. The van der Waals surface area contributed by atoms with Gasteiger partial charge >= 0.3 is 5.76 Å². The van der Waals surface area contributed by atoms with E-state index in [0.29, 0.717) is 33.5 Å². The van der Waals surface area contributed by atoms with Crippen molar-refractivity contribution in [3.63, 3.8) is 0 Å². The van der Waals surface area contributed by atoms with Gasteiger partial charge in [-0.3, -0.25) is 9.29 Å². The third-order valence-corrected chi connectivity index (χ3v) is 6.37. The number of benzene rings is 2. The molecule has 3 heterocycles. The number of aromatic nitrogens is 4. The van der Waals surface area contributed by atoms with Gasteiger partial charge in [-0.2, -0.15) is 4.37 Å². The van der Waals surface area contributed by atoms with Crippen LogP contribution in [-0.4, -0.2) is 23.1 Å². The van der Waals surface area contributed by atoms with Crippen LogP contribution in [0, 0.1) is 0 Å². The third-order valence-electron chi connectivity index (χ3n) is 4.60. The molecule has 0 aliphatic heterocycles. The molecule has 0 bridgehead atoms. The molecule has 0 saturated heterocycles. The second-order valence-corrected chi connectivity index (χ2v) is 8.44. The molecule has 9 nitrogen and oxygen atoms in total. The average Bonchev–Trinajstić information content (AvgIpc) is 3.35. The van der Waals surface area contributed by atoms with E-state index in [1.165, 1.54) is 10.9 Å². The predicted octanol–water partition coefficient (Wildman–Crippen LogP) is 2.76. The van der Waals surface area contributed by atoms with Crippen LogP contribution >= 0.6 is 11.5 Å². The number of nitrogens with zero attached hydrogens (tertiary/aromatic N) is 4. The highest BCUT2D eigenvalue weighted by Gasteiger charge is 2.14. The van der Waals surface area contributed by atoms with Crippen LogP contribution in [0.4, 0.5) is 10.9 Å². The Morgan fingerprint density at radius 1 is 1.20 bits per heavy atom. The van der Waals surface area contributed by atoms with E-state index < -0.39 is 16.7 Å². The van der Waals surface area contributed by atoms with E-state index in [2.05, 4.69) is 19.1 Å². The first-order valence-corrected chi connectivity index (χ1v) is 10.7. The van der Waals surface area contributed by atoms with Crippen molar-refractivity contribution in [2.24, 2.45) is 0 Å². The fourth-order valence-corrected chi connectivity index (χ4v) is 4.63. The topological polar surface area (TPSA) is 129 Å². The van der Waals surface area contributed by atoms with E-state index in [-0.39, 0.29) is 0 Å². The van der Waals surface area contributed by atoms with Gasteiger partial charge in [-0.1, -0.05) is 18.2 Å². The molecule has 3 N–H and O–H groups in total. The summed E-state index contributed by atoms with van der Waals surface area (Å²) in [5.41, 5.74) is 7.71. The Bertz CT molecular complexity index is 1460. The molecule has 1 atom stereocenters. The molecule has 0 aliphatic carbocycles. The van der Waals surface area contributed by atoms with E-state index in [0.717, 1.165) is 27.9 Å². The lowest BCUT2D eigenvalue weighted by molar-refractivity contribution is 0.517. The molecule has 11 heteroatoms. The largest absolute Gasteiger partial charge is 0.420 e. The van der Waals surface area contributed by atoms with Crippen molar-refractivity contribution < 1.29 is 8.63 Å². The minimum Gasteiger partial charge on any atom is -0.408 e. The van der Waals surface area contributed by atoms with Gasteiger partial charge in [0.25, 0.3) is 0 Å². The Labute approximate surface area is 175 Å². The lowest BCUT2D eigenvalue weighted by atomic mass is 10.1. The summed E-state index contributed by atoms with van der Waals surface area (Å²) in [5.74, 6) is -0.0848. The Balaban J connectivity index is 1.52. The second-order valence-electron chi connectivity index (χ2n) is 6.45. The molecule has 1 unspecified atom stereocenters. The highest BCUT2D eigenvalue weighted by Crippen LogP contribution is 2.23. The summed E-state index contributed by atoms with van der Waals surface area (Å²) in [4.78, 5) is 21.1. The molecule has 30 heavy (non-hydrogen) atoms. The summed E-state index contributed by atoms with van der Waals surface area (Å²) in [7, 11) is -1.56. The van der Waals surface area contributed by atoms with Gasteiger partial charge in [-0.15, -0.1) is 0 Å². The van der Waals surface area contributed by atoms with E-state index in [4.69, 9.17) is 10.2 Å². The van der Waals surface area contributed by atoms with Crippen molar-refractivity contribution >= 4 is 55.3 Å². The van der Waals surface area contributed by atoms with Crippen LogP contribution in [-0.2, 0) is 17.5 Å². The molecule has 0 radical (unpaired) electrons. The Hall–Kier alpha value is -3.57. The Morgan fingerprint density at radius 3 is 2.93 bits per heavy atom. The number of hydrogen-bond acceptors (Lipinski definition) is 8. The summed E-state index contributed by atoms with van der Waals surface area (Å²) < 4.78 is 26.1. The Kier molecular flexibility index (Phi) is 4.52. The fraction of sp³-hybridized carbons (Fsp3) is 0.0526. The molecule has 150 valence electrons. The number of rotatable bonds is 5. The number of hydrogen-bond donors (Lipinski definition) is 2. The number of nitrogens with one attached hydrogen (secondary N) is 1. The quantitative estimate of drug-likeness (QED) is 0.432. The number of oxazole rings is 1. The third kappa shape index (κ3) is 3.33. The molecule has 0 fully saturated rings. The van der Waals surface area contributed by atoms with Crippen molar-refractivity contribution in [2.45, 2.75) is 11.4 Å². The smallest absolute Gasteiger partial charge is 0.408 e. The van der Waals surface area contributed by atoms with Crippen molar-refractivity contribution in [3.05, 3.63) is 71.1 Å². The maximum Gasteiger partial charge on any atom is 0.420 e. The summed E-state index contributed by atoms with van der Waals surface area (Å²) in [5, 5.41) is 2.30. The van der Waals surface area contributed by atoms with E-state index in [1.807, 2.05) is 18.2 Å². The molecule has 0 saturated carbocycles. The van der Waals surface area contributed by atoms with Gasteiger partial charge in [0.1, 0.15) is 12.1 Å². The fourth-order valence-electron chi connectivity index (χ4n) is 3.23. The van der Waals surface area contributed by atoms with Crippen LogP contribution in [0.2, 0.25) is 0 Å². The number of fused-ring (bicyclic) bond motifs is 2.